The number of rotatable bonds is 2. The molecule has 1 aromatic rings. The second kappa shape index (κ2) is 3.44. The highest BCUT2D eigenvalue weighted by molar-refractivity contribution is 6.33. The molecule has 0 saturated heterocycles. The molecule has 0 unspecified atom stereocenters. The molecular formula is C9H8ClO. The first-order valence-electron chi connectivity index (χ1n) is 3.15. The summed E-state index contributed by atoms with van der Waals surface area (Å²) in [6.07, 6.45) is 2.71. The van der Waals surface area contributed by atoms with Crippen LogP contribution in [0, 0.1) is 6.08 Å². The lowest BCUT2D eigenvalue weighted by Gasteiger charge is -2.03. The maximum Gasteiger partial charge on any atom is 0.138 e. The fourth-order valence-corrected chi connectivity index (χ4v) is 1.07. The van der Waals surface area contributed by atoms with E-state index < -0.39 is 0 Å². The lowest BCUT2D eigenvalue weighted by Crippen LogP contribution is -1.85. The molecule has 0 aromatic heterocycles. The Morgan fingerprint density at radius 1 is 1.55 bits per heavy atom. The zero-order chi connectivity index (χ0) is 8.27. The van der Waals surface area contributed by atoms with E-state index in [1.807, 2.05) is 12.1 Å². The molecule has 57 valence electrons. The van der Waals surface area contributed by atoms with Gasteiger partial charge in [-0.15, -0.1) is 0 Å². The second-order valence-electron chi connectivity index (χ2n) is 2.00. The van der Waals surface area contributed by atoms with Crippen LogP contribution >= 0.6 is 11.6 Å². The maximum atomic E-state index is 5.88. The summed E-state index contributed by atoms with van der Waals surface area (Å²) < 4.78 is 4.99. The molecule has 0 amide bonds. The molecule has 0 aliphatic rings. The Balaban J connectivity index is 3.20. The number of ether oxygens (including phenoxy) is 1. The summed E-state index contributed by atoms with van der Waals surface area (Å²) in [5, 5.41) is 0.560. The summed E-state index contributed by atoms with van der Waals surface area (Å²) in [6, 6.07) is 5.47. The Labute approximate surface area is 71.3 Å². The number of methoxy groups -OCH3 is 1. The van der Waals surface area contributed by atoms with Crippen molar-refractivity contribution in [3.8, 4) is 5.75 Å². The van der Waals surface area contributed by atoms with E-state index in [9.17, 15) is 0 Å². The van der Waals surface area contributed by atoms with E-state index >= 15 is 0 Å². The summed E-state index contributed by atoms with van der Waals surface area (Å²) in [5.74, 6) is 0.653. The van der Waals surface area contributed by atoms with Gasteiger partial charge in [-0.1, -0.05) is 30.3 Å². The molecule has 2 heteroatoms. The predicted octanol–water partition coefficient (Wildman–Crippen LogP) is 2.69. The minimum atomic E-state index is 0.560. The zero-order valence-electron chi connectivity index (χ0n) is 6.23. The fraction of sp³-hybridized carbons (Fsp3) is 0.111. The number of hydrogen-bond acceptors (Lipinski definition) is 1. The SMILES string of the molecule is C=[C]c1cccc(OC)c1Cl. The van der Waals surface area contributed by atoms with E-state index in [1.54, 1.807) is 13.2 Å². The topological polar surface area (TPSA) is 9.23 Å². The van der Waals surface area contributed by atoms with Crippen LogP contribution in [0.5, 0.6) is 5.75 Å². The average molecular weight is 168 g/mol. The zero-order valence-corrected chi connectivity index (χ0v) is 6.98. The van der Waals surface area contributed by atoms with Crippen LogP contribution in [0.4, 0.5) is 0 Å². The van der Waals surface area contributed by atoms with Crippen LogP contribution < -0.4 is 4.74 Å². The first-order valence-corrected chi connectivity index (χ1v) is 3.53. The van der Waals surface area contributed by atoms with Gasteiger partial charge in [-0.05, 0) is 12.1 Å². The molecule has 1 rings (SSSR count). The van der Waals surface area contributed by atoms with Gasteiger partial charge in [-0.2, -0.15) is 0 Å². The van der Waals surface area contributed by atoms with Crippen LogP contribution in [-0.2, 0) is 0 Å². The minimum absolute atomic E-state index is 0.560. The second-order valence-corrected chi connectivity index (χ2v) is 2.38. The first-order chi connectivity index (χ1) is 5.29. The molecule has 1 aromatic carbocycles. The van der Waals surface area contributed by atoms with E-state index in [0.29, 0.717) is 10.8 Å². The number of hydrogen-bond donors (Lipinski definition) is 0. The number of benzene rings is 1. The van der Waals surface area contributed by atoms with Gasteiger partial charge in [0.15, 0.2) is 0 Å². The van der Waals surface area contributed by atoms with Crippen LogP contribution in [0.2, 0.25) is 5.02 Å². The predicted molar refractivity (Wildman–Crippen MR) is 46.0 cm³/mol. The Kier molecular flexibility index (Phi) is 2.55. The lowest BCUT2D eigenvalue weighted by atomic mass is 10.2. The van der Waals surface area contributed by atoms with Crippen LogP contribution in [0.15, 0.2) is 24.8 Å². The van der Waals surface area contributed by atoms with E-state index in [2.05, 4.69) is 12.7 Å². The summed E-state index contributed by atoms with van der Waals surface area (Å²) >= 11 is 5.88. The van der Waals surface area contributed by atoms with Crippen molar-refractivity contribution in [2.75, 3.05) is 7.11 Å². The first kappa shape index (κ1) is 8.15. The van der Waals surface area contributed by atoms with Gasteiger partial charge in [0.1, 0.15) is 5.75 Å². The van der Waals surface area contributed by atoms with E-state index in [1.165, 1.54) is 0 Å². The third-order valence-electron chi connectivity index (χ3n) is 1.37. The molecule has 0 aliphatic carbocycles. The van der Waals surface area contributed by atoms with Crippen molar-refractivity contribution >= 4 is 11.6 Å². The number of halogens is 1. The molecule has 0 bridgehead atoms. The van der Waals surface area contributed by atoms with Gasteiger partial charge < -0.3 is 4.74 Å². The van der Waals surface area contributed by atoms with Crippen molar-refractivity contribution in [1.29, 1.82) is 0 Å². The highest BCUT2D eigenvalue weighted by Crippen LogP contribution is 2.27. The van der Waals surface area contributed by atoms with E-state index in [4.69, 9.17) is 16.3 Å². The van der Waals surface area contributed by atoms with Gasteiger partial charge in [0.2, 0.25) is 0 Å². The molecule has 0 aliphatic heterocycles. The van der Waals surface area contributed by atoms with E-state index in [0.717, 1.165) is 5.56 Å². The Morgan fingerprint density at radius 3 is 2.82 bits per heavy atom. The minimum Gasteiger partial charge on any atom is -0.495 e. The Hall–Kier alpha value is -0.950. The van der Waals surface area contributed by atoms with Crippen molar-refractivity contribution in [3.63, 3.8) is 0 Å². The molecule has 0 heterocycles. The van der Waals surface area contributed by atoms with Crippen LogP contribution in [0.3, 0.4) is 0 Å². The fourth-order valence-electron chi connectivity index (χ4n) is 0.805. The normalized spacial score (nSPS) is 9.27. The van der Waals surface area contributed by atoms with Crippen LogP contribution in [0.25, 0.3) is 0 Å². The summed E-state index contributed by atoms with van der Waals surface area (Å²) in [4.78, 5) is 0. The monoisotopic (exact) mass is 167 g/mol. The quantitative estimate of drug-likeness (QED) is 0.658. The molecule has 1 radical (unpaired) electrons. The van der Waals surface area contributed by atoms with Crippen molar-refractivity contribution < 1.29 is 4.74 Å². The maximum absolute atomic E-state index is 5.88. The van der Waals surface area contributed by atoms with Crippen molar-refractivity contribution in [1.82, 2.24) is 0 Å². The van der Waals surface area contributed by atoms with Crippen molar-refractivity contribution in [3.05, 3.63) is 41.4 Å². The highest BCUT2D eigenvalue weighted by Gasteiger charge is 2.01. The van der Waals surface area contributed by atoms with Gasteiger partial charge in [-0.25, -0.2) is 0 Å². The Bertz CT molecular complexity index is 268. The van der Waals surface area contributed by atoms with Crippen LogP contribution in [0.1, 0.15) is 5.56 Å². The standard InChI is InChI=1S/C9H8ClO/c1-3-7-5-4-6-8(11-2)9(7)10/h4-6H,1H2,2H3. The summed E-state index contributed by atoms with van der Waals surface area (Å²) in [7, 11) is 1.58. The molecule has 0 N–H and O–H groups in total. The third-order valence-corrected chi connectivity index (χ3v) is 1.76. The smallest absolute Gasteiger partial charge is 0.138 e. The highest BCUT2D eigenvalue weighted by atomic mass is 35.5. The largest absolute Gasteiger partial charge is 0.495 e. The third kappa shape index (κ3) is 1.55. The summed E-state index contributed by atoms with van der Waals surface area (Å²) in [5.41, 5.74) is 0.769. The van der Waals surface area contributed by atoms with Gasteiger partial charge in [0.25, 0.3) is 0 Å². The van der Waals surface area contributed by atoms with E-state index in [-0.39, 0.29) is 0 Å². The van der Waals surface area contributed by atoms with Gasteiger partial charge in [0, 0.05) is 5.56 Å². The molecular weight excluding hydrogens is 160 g/mol. The molecule has 0 spiro atoms. The summed E-state index contributed by atoms with van der Waals surface area (Å²) in [6.45, 7) is 3.50. The van der Waals surface area contributed by atoms with Crippen LogP contribution in [-0.4, -0.2) is 7.11 Å². The molecule has 1 nitrogen and oxygen atoms in total. The molecule has 11 heavy (non-hydrogen) atoms. The van der Waals surface area contributed by atoms with Gasteiger partial charge in [-0.3, -0.25) is 0 Å². The average Bonchev–Trinajstić information content (AvgIpc) is 2.05. The van der Waals surface area contributed by atoms with Gasteiger partial charge in [0.05, 0.1) is 12.1 Å². The van der Waals surface area contributed by atoms with Crippen molar-refractivity contribution in [2.24, 2.45) is 0 Å². The van der Waals surface area contributed by atoms with Gasteiger partial charge >= 0.3 is 0 Å². The molecule has 0 saturated carbocycles. The molecule has 0 atom stereocenters. The Morgan fingerprint density at radius 2 is 2.27 bits per heavy atom. The lowest BCUT2D eigenvalue weighted by molar-refractivity contribution is 0.415. The molecule has 0 fully saturated rings. The van der Waals surface area contributed by atoms with Crippen molar-refractivity contribution in [2.45, 2.75) is 0 Å².